The molecule has 0 aliphatic carbocycles. The van der Waals surface area contributed by atoms with Gasteiger partial charge in [-0.25, -0.2) is 0 Å². The molecule has 1 fully saturated rings. The highest BCUT2D eigenvalue weighted by Gasteiger charge is 2.35. The Bertz CT molecular complexity index is 1200. The van der Waals surface area contributed by atoms with E-state index in [4.69, 9.17) is 9.47 Å². The van der Waals surface area contributed by atoms with Gasteiger partial charge in [0.25, 0.3) is 0 Å². The zero-order valence-corrected chi connectivity index (χ0v) is 31.1. The van der Waals surface area contributed by atoms with Crippen molar-refractivity contribution in [1.29, 1.82) is 0 Å². The van der Waals surface area contributed by atoms with Crippen molar-refractivity contribution in [1.82, 2.24) is 9.88 Å². The number of hydrogen-bond acceptors (Lipinski definition) is 5. The zero-order valence-electron chi connectivity index (χ0n) is 31.1. The lowest BCUT2D eigenvalue weighted by Gasteiger charge is -2.35. The quantitative estimate of drug-likeness (QED) is 0.0637. The van der Waals surface area contributed by atoms with Gasteiger partial charge in [0.2, 0.25) is 0 Å². The summed E-state index contributed by atoms with van der Waals surface area (Å²) in [5, 5.41) is 0. The van der Waals surface area contributed by atoms with E-state index in [2.05, 4.69) is 42.8 Å². The minimum absolute atomic E-state index is 0.158. The molecule has 4 rings (SSSR count). The number of rotatable bonds is 24. The van der Waals surface area contributed by atoms with Gasteiger partial charge in [-0.1, -0.05) is 122 Å². The average molecular weight is 661 g/mol. The molecule has 0 radical (unpaired) electrons. The molecule has 1 saturated heterocycles. The predicted molar refractivity (Wildman–Crippen MR) is 201 cm³/mol. The summed E-state index contributed by atoms with van der Waals surface area (Å²) in [6.45, 7) is 9.77. The number of fused-ring (bicyclic) bond motifs is 3. The highest BCUT2D eigenvalue weighted by atomic mass is 16.5. The number of ether oxygens (including phenoxy) is 2. The lowest BCUT2D eigenvalue weighted by Crippen LogP contribution is -2.31. The Hall–Kier alpha value is -2.40. The number of carbonyl (C=O) groups excluding carboxylic acids is 1. The molecule has 0 unspecified atom stereocenters. The second-order valence-electron chi connectivity index (χ2n) is 15.2. The first-order valence-corrected chi connectivity index (χ1v) is 20.2. The molecule has 1 aromatic heterocycles. The average Bonchev–Trinajstić information content (AvgIpc) is 3.08. The molecule has 0 amide bonds. The number of nitrogens with zero attached hydrogens (tertiary/aromatic N) is 2. The Morgan fingerprint density at radius 3 is 1.98 bits per heavy atom. The van der Waals surface area contributed by atoms with E-state index in [1.807, 2.05) is 18.5 Å². The highest BCUT2D eigenvalue weighted by molar-refractivity contribution is 5.84. The Balaban J connectivity index is 1.17. The second-order valence-corrected chi connectivity index (χ2v) is 15.2. The van der Waals surface area contributed by atoms with Gasteiger partial charge in [-0.05, 0) is 89.3 Å². The van der Waals surface area contributed by atoms with Crippen LogP contribution in [0.4, 0.5) is 0 Å². The van der Waals surface area contributed by atoms with Gasteiger partial charge in [-0.3, -0.25) is 9.78 Å². The van der Waals surface area contributed by atoms with Crippen molar-refractivity contribution in [2.75, 3.05) is 19.6 Å². The van der Waals surface area contributed by atoms with Gasteiger partial charge in [0, 0.05) is 29.9 Å². The van der Waals surface area contributed by atoms with E-state index in [9.17, 15) is 4.79 Å². The van der Waals surface area contributed by atoms with Crippen molar-refractivity contribution < 1.29 is 14.3 Å². The molecular weight excluding hydrogens is 592 g/mol. The Kier molecular flexibility index (Phi) is 17.3. The molecule has 268 valence electrons. The van der Waals surface area contributed by atoms with Crippen LogP contribution >= 0.6 is 0 Å². The molecule has 0 saturated carbocycles. The molecule has 2 aromatic rings. The summed E-state index contributed by atoms with van der Waals surface area (Å²) in [6, 6.07) is 6.29. The lowest BCUT2D eigenvalue weighted by molar-refractivity contribution is -0.134. The minimum Gasteiger partial charge on any atom is -0.482 e. The SMILES string of the molecule is CCCCCCCCCCCCCCCCCCCCc1cc(OC(=O)CCCN2CCCCC2)c2c(c1)OC(C)(C)c1ccncc1-2. The standard InChI is InChI=1S/C43H68N2O3/c1-4-5-6-7-8-9-10-11-12-13-14-15-16-17-18-19-20-22-26-36-33-39(47-41(46)27-25-32-45-30-23-21-24-31-45)42-37-35-44-29-28-38(37)43(2,3)48-40(42)34-36/h28-29,33-35H,4-27,30-32H2,1-3H3. The van der Waals surface area contributed by atoms with Crippen LogP contribution in [0.3, 0.4) is 0 Å². The van der Waals surface area contributed by atoms with Gasteiger partial charge in [0.05, 0.1) is 5.56 Å². The summed E-state index contributed by atoms with van der Waals surface area (Å²) < 4.78 is 12.7. The maximum Gasteiger partial charge on any atom is 0.311 e. The molecule has 1 aromatic carbocycles. The van der Waals surface area contributed by atoms with Crippen LogP contribution in [0.15, 0.2) is 30.6 Å². The lowest BCUT2D eigenvalue weighted by atomic mass is 9.86. The predicted octanol–water partition coefficient (Wildman–Crippen LogP) is 12.1. The van der Waals surface area contributed by atoms with Gasteiger partial charge < -0.3 is 14.4 Å². The van der Waals surface area contributed by atoms with E-state index in [1.165, 1.54) is 134 Å². The van der Waals surface area contributed by atoms with Gasteiger partial charge in [-0.15, -0.1) is 0 Å². The number of aryl methyl sites for hydroxylation is 1. The number of likely N-dealkylation sites (tertiary alicyclic amines) is 1. The topological polar surface area (TPSA) is 51.7 Å². The fourth-order valence-corrected chi connectivity index (χ4v) is 7.70. The third-order valence-corrected chi connectivity index (χ3v) is 10.6. The van der Waals surface area contributed by atoms with Crippen molar-refractivity contribution in [2.45, 2.75) is 180 Å². The summed E-state index contributed by atoms with van der Waals surface area (Å²) in [7, 11) is 0. The summed E-state index contributed by atoms with van der Waals surface area (Å²) in [4.78, 5) is 20.0. The fourth-order valence-electron chi connectivity index (χ4n) is 7.70. The summed E-state index contributed by atoms with van der Waals surface area (Å²) in [5.74, 6) is 1.27. The van der Waals surface area contributed by atoms with Crippen molar-refractivity contribution >= 4 is 5.97 Å². The number of piperidine rings is 1. The molecule has 2 aliphatic rings. The number of esters is 1. The van der Waals surface area contributed by atoms with Crippen LogP contribution in [0.25, 0.3) is 11.1 Å². The smallest absolute Gasteiger partial charge is 0.311 e. The van der Waals surface area contributed by atoms with Gasteiger partial charge in [0.15, 0.2) is 0 Å². The number of carbonyl (C=O) groups is 1. The summed E-state index contributed by atoms with van der Waals surface area (Å²) >= 11 is 0. The summed E-state index contributed by atoms with van der Waals surface area (Å²) in [5.41, 5.74) is 3.64. The maximum absolute atomic E-state index is 13.1. The molecule has 0 N–H and O–H groups in total. The molecule has 0 atom stereocenters. The van der Waals surface area contributed by atoms with Crippen molar-refractivity contribution in [3.63, 3.8) is 0 Å². The van der Waals surface area contributed by atoms with E-state index >= 15 is 0 Å². The van der Waals surface area contributed by atoms with Crippen molar-refractivity contribution in [3.05, 3.63) is 41.7 Å². The van der Waals surface area contributed by atoms with Crippen LogP contribution < -0.4 is 9.47 Å². The van der Waals surface area contributed by atoms with Crippen LogP contribution in [0.1, 0.15) is 180 Å². The van der Waals surface area contributed by atoms with Crippen LogP contribution in [0.2, 0.25) is 0 Å². The molecule has 48 heavy (non-hydrogen) atoms. The van der Waals surface area contributed by atoms with Crippen LogP contribution in [0.5, 0.6) is 11.5 Å². The van der Waals surface area contributed by atoms with Crippen LogP contribution in [0, 0.1) is 0 Å². The largest absolute Gasteiger partial charge is 0.482 e. The van der Waals surface area contributed by atoms with Crippen LogP contribution in [-0.4, -0.2) is 35.5 Å². The van der Waals surface area contributed by atoms with E-state index in [1.54, 1.807) is 0 Å². The molecule has 3 heterocycles. The van der Waals surface area contributed by atoms with E-state index in [-0.39, 0.29) is 5.97 Å². The first-order chi connectivity index (χ1) is 23.5. The Morgan fingerprint density at radius 1 is 0.792 bits per heavy atom. The monoisotopic (exact) mass is 661 g/mol. The first kappa shape index (κ1) is 38.4. The third kappa shape index (κ3) is 13.1. The molecular formula is C43H68N2O3. The highest BCUT2D eigenvalue weighted by Crippen LogP contribution is 2.49. The van der Waals surface area contributed by atoms with Crippen molar-refractivity contribution in [3.8, 4) is 22.6 Å². The number of benzene rings is 1. The van der Waals surface area contributed by atoms with Gasteiger partial charge >= 0.3 is 5.97 Å². The number of unbranched alkanes of at least 4 members (excludes halogenated alkanes) is 17. The molecule has 2 aliphatic heterocycles. The van der Waals surface area contributed by atoms with Gasteiger partial charge in [0.1, 0.15) is 17.1 Å². The number of pyridine rings is 1. The number of hydrogen-bond donors (Lipinski definition) is 0. The molecule has 0 spiro atoms. The Labute approximate surface area is 294 Å². The molecule has 5 nitrogen and oxygen atoms in total. The number of aromatic nitrogens is 1. The van der Waals surface area contributed by atoms with Crippen LogP contribution in [-0.2, 0) is 16.8 Å². The maximum atomic E-state index is 13.1. The zero-order chi connectivity index (χ0) is 33.9. The third-order valence-electron chi connectivity index (χ3n) is 10.6. The first-order valence-electron chi connectivity index (χ1n) is 20.2. The minimum atomic E-state index is -0.479. The molecule has 0 bridgehead atoms. The van der Waals surface area contributed by atoms with E-state index in [0.717, 1.165) is 61.3 Å². The Morgan fingerprint density at radius 2 is 1.38 bits per heavy atom. The fraction of sp³-hybridized carbons (Fsp3) is 0.721. The van der Waals surface area contributed by atoms with Gasteiger partial charge in [-0.2, -0.15) is 0 Å². The van der Waals surface area contributed by atoms with E-state index in [0.29, 0.717) is 12.2 Å². The van der Waals surface area contributed by atoms with Crippen molar-refractivity contribution in [2.24, 2.45) is 0 Å². The second kappa shape index (κ2) is 21.6. The summed E-state index contributed by atoms with van der Waals surface area (Å²) in [6.07, 6.45) is 34.7. The molecule has 5 heteroatoms. The van der Waals surface area contributed by atoms with E-state index < -0.39 is 5.60 Å². The normalized spacial score (nSPS) is 15.5.